The molecule has 2 amide bonds. The SMILES string of the molecule is CC(=O)NC(=O)c1ccc(Cl)cc1C1CCCCC1. The zero-order chi connectivity index (χ0) is 13.8. The van der Waals surface area contributed by atoms with E-state index in [0.717, 1.165) is 18.4 Å². The van der Waals surface area contributed by atoms with E-state index in [9.17, 15) is 9.59 Å². The third-order valence-corrected chi connectivity index (χ3v) is 3.83. The van der Waals surface area contributed by atoms with Crippen LogP contribution in [-0.4, -0.2) is 11.8 Å². The van der Waals surface area contributed by atoms with Gasteiger partial charge in [-0.05, 0) is 42.5 Å². The van der Waals surface area contributed by atoms with Crippen LogP contribution in [-0.2, 0) is 4.79 Å². The van der Waals surface area contributed by atoms with Gasteiger partial charge in [-0.3, -0.25) is 14.9 Å². The first-order valence-electron chi connectivity index (χ1n) is 6.69. The number of rotatable bonds is 2. The average Bonchev–Trinajstić information content (AvgIpc) is 2.38. The van der Waals surface area contributed by atoms with Gasteiger partial charge in [-0.2, -0.15) is 0 Å². The Labute approximate surface area is 118 Å². The fourth-order valence-electron chi connectivity index (χ4n) is 2.72. The molecule has 0 aromatic heterocycles. The van der Waals surface area contributed by atoms with E-state index < -0.39 is 0 Å². The van der Waals surface area contributed by atoms with Crippen molar-refractivity contribution in [3.63, 3.8) is 0 Å². The number of carbonyl (C=O) groups excluding carboxylic acids is 2. The van der Waals surface area contributed by atoms with Gasteiger partial charge in [0.15, 0.2) is 0 Å². The molecule has 1 aromatic carbocycles. The van der Waals surface area contributed by atoms with E-state index in [0.29, 0.717) is 16.5 Å². The van der Waals surface area contributed by atoms with Gasteiger partial charge < -0.3 is 0 Å². The van der Waals surface area contributed by atoms with Crippen molar-refractivity contribution in [3.8, 4) is 0 Å². The van der Waals surface area contributed by atoms with E-state index in [1.807, 2.05) is 6.07 Å². The van der Waals surface area contributed by atoms with Gasteiger partial charge in [0.05, 0.1) is 0 Å². The standard InChI is InChI=1S/C15H18ClNO2/c1-10(18)17-15(19)13-8-7-12(16)9-14(13)11-5-3-2-4-6-11/h7-9,11H,2-6H2,1H3,(H,17,18,19). The summed E-state index contributed by atoms with van der Waals surface area (Å²) in [6.45, 7) is 1.34. The minimum Gasteiger partial charge on any atom is -0.293 e. The Balaban J connectivity index is 2.31. The Kier molecular flexibility index (Phi) is 4.59. The molecular formula is C15H18ClNO2. The van der Waals surface area contributed by atoms with Crippen LogP contribution in [0.25, 0.3) is 0 Å². The second-order valence-electron chi connectivity index (χ2n) is 5.08. The number of carbonyl (C=O) groups is 2. The molecule has 0 saturated heterocycles. The lowest BCUT2D eigenvalue weighted by Crippen LogP contribution is -2.29. The topological polar surface area (TPSA) is 46.2 Å². The quantitative estimate of drug-likeness (QED) is 0.898. The van der Waals surface area contributed by atoms with Crippen molar-refractivity contribution in [1.29, 1.82) is 0 Å². The first kappa shape index (κ1) is 14.1. The molecule has 1 fully saturated rings. The Morgan fingerprint density at radius 2 is 1.89 bits per heavy atom. The summed E-state index contributed by atoms with van der Waals surface area (Å²) in [7, 11) is 0. The molecule has 19 heavy (non-hydrogen) atoms. The van der Waals surface area contributed by atoms with Crippen LogP contribution < -0.4 is 5.32 Å². The molecule has 1 aromatic rings. The lowest BCUT2D eigenvalue weighted by Gasteiger charge is -2.24. The van der Waals surface area contributed by atoms with Crippen LogP contribution in [0.4, 0.5) is 0 Å². The molecule has 1 aliphatic carbocycles. The highest BCUT2D eigenvalue weighted by molar-refractivity contribution is 6.30. The molecule has 2 rings (SSSR count). The summed E-state index contributed by atoms with van der Waals surface area (Å²) in [4.78, 5) is 23.1. The fourth-order valence-corrected chi connectivity index (χ4v) is 2.90. The lowest BCUT2D eigenvalue weighted by atomic mass is 9.82. The number of hydrogen-bond acceptors (Lipinski definition) is 2. The zero-order valence-electron chi connectivity index (χ0n) is 11.0. The lowest BCUT2D eigenvalue weighted by molar-refractivity contribution is -0.118. The summed E-state index contributed by atoms with van der Waals surface area (Å²) in [5, 5.41) is 2.98. The number of nitrogens with one attached hydrogen (secondary N) is 1. The Bertz CT molecular complexity index is 493. The molecule has 0 radical (unpaired) electrons. The van der Waals surface area contributed by atoms with Gasteiger partial charge in [0.1, 0.15) is 0 Å². The van der Waals surface area contributed by atoms with Crippen LogP contribution in [0.2, 0.25) is 5.02 Å². The van der Waals surface area contributed by atoms with Crippen molar-refractivity contribution in [2.75, 3.05) is 0 Å². The smallest absolute Gasteiger partial charge is 0.258 e. The predicted molar refractivity (Wildman–Crippen MR) is 75.4 cm³/mol. The van der Waals surface area contributed by atoms with Crippen LogP contribution in [0.15, 0.2) is 18.2 Å². The van der Waals surface area contributed by atoms with Gasteiger partial charge in [-0.1, -0.05) is 30.9 Å². The number of amides is 2. The maximum atomic E-state index is 12.1. The van der Waals surface area contributed by atoms with Gasteiger partial charge in [0.2, 0.25) is 5.91 Å². The highest BCUT2D eigenvalue weighted by atomic mass is 35.5. The number of benzene rings is 1. The molecule has 1 aliphatic rings. The largest absolute Gasteiger partial charge is 0.293 e. The molecule has 0 aliphatic heterocycles. The summed E-state index contributed by atoms with van der Waals surface area (Å²) < 4.78 is 0. The van der Waals surface area contributed by atoms with E-state index in [4.69, 9.17) is 11.6 Å². The van der Waals surface area contributed by atoms with Gasteiger partial charge in [-0.15, -0.1) is 0 Å². The first-order chi connectivity index (χ1) is 9.08. The molecule has 102 valence electrons. The molecule has 1 saturated carbocycles. The molecule has 3 nitrogen and oxygen atoms in total. The highest BCUT2D eigenvalue weighted by Gasteiger charge is 2.22. The molecule has 0 heterocycles. The molecular weight excluding hydrogens is 262 g/mol. The molecule has 0 bridgehead atoms. The maximum Gasteiger partial charge on any atom is 0.258 e. The van der Waals surface area contributed by atoms with Crippen molar-refractivity contribution in [2.24, 2.45) is 0 Å². The second-order valence-corrected chi connectivity index (χ2v) is 5.51. The van der Waals surface area contributed by atoms with E-state index in [1.54, 1.807) is 12.1 Å². The summed E-state index contributed by atoms with van der Waals surface area (Å²) in [5.74, 6) is -0.292. The predicted octanol–water partition coefficient (Wildman–Crippen LogP) is 3.66. The number of hydrogen-bond donors (Lipinski definition) is 1. The van der Waals surface area contributed by atoms with E-state index in [2.05, 4.69) is 5.32 Å². The van der Waals surface area contributed by atoms with Crippen LogP contribution in [0.1, 0.15) is 60.9 Å². The summed E-state index contributed by atoms with van der Waals surface area (Å²) >= 11 is 6.05. The van der Waals surface area contributed by atoms with Gasteiger partial charge >= 0.3 is 0 Å². The van der Waals surface area contributed by atoms with Crippen molar-refractivity contribution in [2.45, 2.75) is 44.9 Å². The van der Waals surface area contributed by atoms with Crippen LogP contribution in [0.3, 0.4) is 0 Å². The Morgan fingerprint density at radius 3 is 2.53 bits per heavy atom. The fraction of sp³-hybridized carbons (Fsp3) is 0.467. The van der Waals surface area contributed by atoms with Crippen molar-refractivity contribution in [1.82, 2.24) is 5.32 Å². The van der Waals surface area contributed by atoms with Gasteiger partial charge in [0.25, 0.3) is 5.91 Å². The molecule has 4 heteroatoms. The zero-order valence-corrected chi connectivity index (χ0v) is 11.8. The minimum atomic E-state index is -0.338. The Hall–Kier alpha value is -1.35. The highest BCUT2D eigenvalue weighted by Crippen LogP contribution is 2.35. The van der Waals surface area contributed by atoms with E-state index >= 15 is 0 Å². The molecule has 0 unspecified atom stereocenters. The van der Waals surface area contributed by atoms with Crippen molar-refractivity contribution >= 4 is 23.4 Å². The minimum absolute atomic E-state index is 0.329. The second kappa shape index (κ2) is 6.20. The molecule has 1 N–H and O–H groups in total. The van der Waals surface area contributed by atoms with Gasteiger partial charge in [-0.25, -0.2) is 0 Å². The van der Waals surface area contributed by atoms with E-state index in [-0.39, 0.29) is 11.8 Å². The number of imide groups is 1. The maximum absolute atomic E-state index is 12.1. The van der Waals surface area contributed by atoms with Crippen molar-refractivity contribution in [3.05, 3.63) is 34.3 Å². The molecule has 0 atom stereocenters. The monoisotopic (exact) mass is 279 g/mol. The number of halogens is 1. The molecule has 0 spiro atoms. The third-order valence-electron chi connectivity index (χ3n) is 3.59. The normalized spacial score (nSPS) is 16.1. The van der Waals surface area contributed by atoms with Gasteiger partial charge in [0, 0.05) is 17.5 Å². The van der Waals surface area contributed by atoms with Crippen molar-refractivity contribution < 1.29 is 9.59 Å². The third kappa shape index (κ3) is 3.57. The van der Waals surface area contributed by atoms with Crippen LogP contribution in [0.5, 0.6) is 0 Å². The summed E-state index contributed by atoms with van der Waals surface area (Å²) in [6.07, 6.45) is 5.79. The average molecular weight is 280 g/mol. The van der Waals surface area contributed by atoms with Crippen LogP contribution >= 0.6 is 11.6 Å². The Morgan fingerprint density at radius 1 is 1.21 bits per heavy atom. The summed E-state index contributed by atoms with van der Waals surface area (Å²) in [5.41, 5.74) is 1.55. The first-order valence-corrected chi connectivity index (χ1v) is 7.07. The summed E-state index contributed by atoms with van der Waals surface area (Å²) in [6, 6.07) is 5.28. The van der Waals surface area contributed by atoms with Crippen LogP contribution in [0, 0.1) is 0 Å². The van der Waals surface area contributed by atoms with E-state index in [1.165, 1.54) is 26.2 Å².